The fourth-order valence-electron chi connectivity index (χ4n) is 2.00. The summed E-state index contributed by atoms with van der Waals surface area (Å²) in [6, 6.07) is 5.99. The molecule has 1 heterocycles. The molecule has 3 nitrogen and oxygen atoms in total. The fourth-order valence-corrected chi connectivity index (χ4v) is 2.88. The highest BCUT2D eigenvalue weighted by atomic mass is 127. The largest absolute Gasteiger partial charge is 0.481 e. The van der Waals surface area contributed by atoms with Gasteiger partial charge in [-0.25, -0.2) is 4.98 Å². The molecule has 1 unspecified atom stereocenters. The average Bonchev–Trinajstić information content (AvgIpc) is 2.54. The SMILES string of the molecule is COc1cc(I)c(COC(Cc2ccc(Cl)c(Cl)c2)C(F)(F)F)cn1. The molecule has 136 valence electrons. The number of alkyl halides is 3. The monoisotopic (exact) mass is 505 g/mol. The number of hydrogen-bond donors (Lipinski definition) is 0. The first-order chi connectivity index (χ1) is 11.7. The number of benzene rings is 1. The number of ether oxygens (including phenoxy) is 2. The zero-order valence-electron chi connectivity index (χ0n) is 12.9. The van der Waals surface area contributed by atoms with Crippen molar-refractivity contribution in [3.63, 3.8) is 0 Å². The molecule has 0 aliphatic carbocycles. The molecule has 2 aromatic rings. The van der Waals surface area contributed by atoms with Crippen LogP contribution in [0.25, 0.3) is 0 Å². The van der Waals surface area contributed by atoms with Crippen molar-refractivity contribution in [2.45, 2.75) is 25.3 Å². The zero-order valence-corrected chi connectivity index (χ0v) is 16.6. The van der Waals surface area contributed by atoms with Crippen molar-refractivity contribution in [2.75, 3.05) is 7.11 Å². The zero-order chi connectivity index (χ0) is 18.6. The van der Waals surface area contributed by atoms with Gasteiger partial charge in [0.25, 0.3) is 0 Å². The number of hydrogen-bond acceptors (Lipinski definition) is 3. The lowest BCUT2D eigenvalue weighted by atomic mass is 10.1. The Morgan fingerprint density at radius 1 is 1.20 bits per heavy atom. The minimum absolute atomic E-state index is 0.203. The van der Waals surface area contributed by atoms with Crippen molar-refractivity contribution in [2.24, 2.45) is 0 Å². The van der Waals surface area contributed by atoms with Crippen LogP contribution in [0, 0.1) is 3.57 Å². The van der Waals surface area contributed by atoms with Gasteiger partial charge in [0.05, 0.1) is 23.8 Å². The van der Waals surface area contributed by atoms with Gasteiger partial charge >= 0.3 is 6.18 Å². The molecule has 0 saturated heterocycles. The van der Waals surface area contributed by atoms with Gasteiger partial charge in [-0.3, -0.25) is 0 Å². The number of aromatic nitrogens is 1. The van der Waals surface area contributed by atoms with Gasteiger partial charge in [0.1, 0.15) is 0 Å². The Balaban J connectivity index is 2.12. The van der Waals surface area contributed by atoms with Gasteiger partial charge in [-0.15, -0.1) is 0 Å². The fraction of sp³-hybridized carbons (Fsp3) is 0.312. The predicted molar refractivity (Wildman–Crippen MR) is 98.3 cm³/mol. The minimum atomic E-state index is -4.52. The van der Waals surface area contributed by atoms with Crippen molar-refractivity contribution >= 4 is 45.8 Å². The van der Waals surface area contributed by atoms with Crippen LogP contribution in [-0.2, 0) is 17.8 Å². The summed E-state index contributed by atoms with van der Waals surface area (Å²) in [6.45, 7) is -0.221. The summed E-state index contributed by atoms with van der Waals surface area (Å²) >= 11 is 13.6. The van der Waals surface area contributed by atoms with Crippen molar-refractivity contribution in [1.82, 2.24) is 4.98 Å². The van der Waals surface area contributed by atoms with Crippen LogP contribution in [0.2, 0.25) is 10.0 Å². The Morgan fingerprint density at radius 2 is 1.92 bits per heavy atom. The molecule has 0 aliphatic heterocycles. The summed E-state index contributed by atoms with van der Waals surface area (Å²) in [6.07, 6.45) is -5.41. The maximum absolute atomic E-state index is 13.3. The van der Waals surface area contributed by atoms with E-state index < -0.39 is 12.3 Å². The van der Waals surface area contributed by atoms with Gasteiger partial charge in [0, 0.05) is 27.8 Å². The highest BCUT2D eigenvalue weighted by Gasteiger charge is 2.40. The number of methoxy groups -OCH3 is 1. The molecule has 1 aromatic heterocycles. The molecule has 0 spiro atoms. The molecule has 0 radical (unpaired) electrons. The second-order valence-corrected chi connectivity index (χ2v) is 7.09. The van der Waals surface area contributed by atoms with Gasteiger partial charge in [0.15, 0.2) is 6.10 Å². The van der Waals surface area contributed by atoms with Crippen LogP contribution >= 0.6 is 45.8 Å². The number of nitrogens with zero attached hydrogens (tertiary/aromatic N) is 1. The third-order valence-electron chi connectivity index (χ3n) is 3.32. The van der Waals surface area contributed by atoms with E-state index in [0.29, 0.717) is 20.6 Å². The molecule has 0 bridgehead atoms. The van der Waals surface area contributed by atoms with E-state index in [1.54, 1.807) is 6.07 Å². The summed E-state index contributed by atoms with van der Waals surface area (Å²) in [5, 5.41) is 0.489. The first-order valence-corrected chi connectivity index (χ1v) is 8.85. The van der Waals surface area contributed by atoms with Crippen LogP contribution in [0.3, 0.4) is 0 Å². The van der Waals surface area contributed by atoms with Gasteiger partial charge in [-0.2, -0.15) is 13.2 Å². The molecule has 0 fully saturated rings. The smallest absolute Gasteiger partial charge is 0.414 e. The van der Waals surface area contributed by atoms with Crippen LogP contribution in [0.1, 0.15) is 11.1 Å². The van der Waals surface area contributed by atoms with E-state index >= 15 is 0 Å². The van der Waals surface area contributed by atoms with Gasteiger partial charge in [0.2, 0.25) is 5.88 Å². The summed E-state index contributed by atoms with van der Waals surface area (Å²) in [7, 11) is 1.46. The molecule has 25 heavy (non-hydrogen) atoms. The van der Waals surface area contributed by atoms with E-state index in [1.165, 1.54) is 31.5 Å². The molecule has 9 heteroatoms. The van der Waals surface area contributed by atoms with Crippen LogP contribution in [0.5, 0.6) is 5.88 Å². The summed E-state index contributed by atoms with van der Waals surface area (Å²) in [5.41, 5.74) is 0.934. The van der Waals surface area contributed by atoms with Crippen molar-refractivity contribution in [1.29, 1.82) is 0 Å². The quantitative estimate of drug-likeness (QED) is 0.472. The molecular formula is C16H13Cl2F3INO2. The Morgan fingerprint density at radius 3 is 2.48 bits per heavy atom. The van der Waals surface area contributed by atoms with Gasteiger partial charge < -0.3 is 9.47 Å². The maximum atomic E-state index is 13.3. The molecule has 0 saturated carbocycles. The van der Waals surface area contributed by atoms with Crippen molar-refractivity contribution < 1.29 is 22.6 Å². The third kappa shape index (κ3) is 5.87. The van der Waals surface area contributed by atoms with Crippen LogP contribution in [0.4, 0.5) is 13.2 Å². The third-order valence-corrected chi connectivity index (χ3v) is 5.07. The normalized spacial score (nSPS) is 12.9. The lowest BCUT2D eigenvalue weighted by Crippen LogP contribution is -2.33. The van der Waals surface area contributed by atoms with Crippen molar-refractivity contribution in [3.05, 3.63) is 55.2 Å². The number of halogens is 6. The Kier molecular flexibility index (Phi) is 7.19. The van der Waals surface area contributed by atoms with Crippen LogP contribution in [0.15, 0.2) is 30.5 Å². The first kappa shape index (κ1) is 20.5. The maximum Gasteiger partial charge on any atom is 0.414 e. The molecule has 2 rings (SSSR count). The average molecular weight is 506 g/mol. The molecule has 1 aromatic carbocycles. The van der Waals surface area contributed by atoms with E-state index in [-0.39, 0.29) is 23.1 Å². The standard InChI is InChI=1S/C16H13Cl2F3INO2/c1-24-15-6-13(22)10(7-23-15)8-25-14(16(19,20)21)5-9-2-3-11(17)12(18)4-9/h2-4,6-7,14H,5,8H2,1H3. The lowest BCUT2D eigenvalue weighted by Gasteiger charge is -2.21. The Labute approximate surface area is 166 Å². The van der Waals surface area contributed by atoms with E-state index in [4.69, 9.17) is 32.7 Å². The number of rotatable bonds is 6. The Bertz CT molecular complexity index is 744. The molecular weight excluding hydrogens is 493 g/mol. The Hall–Kier alpha value is -0.770. The highest BCUT2D eigenvalue weighted by molar-refractivity contribution is 14.1. The van der Waals surface area contributed by atoms with Gasteiger partial charge in [-0.05, 0) is 40.3 Å². The van der Waals surface area contributed by atoms with Gasteiger partial charge in [-0.1, -0.05) is 29.3 Å². The van der Waals surface area contributed by atoms with E-state index in [9.17, 15) is 13.2 Å². The number of pyridine rings is 1. The second kappa shape index (κ2) is 8.75. The van der Waals surface area contributed by atoms with E-state index in [2.05, 4.69) is 4.98 Å². The topological polar surface area (TPSA) is 31.4 Å². The molecule has 0 aliphatic rings. The summed E-state index contributed by atoms with van der Waals surface area (Å²) in [4.78, 5) is 3.98. The lowest BCUT2D eigenvalue weighted by molar-refractivity contribution is -0.223. The summed E-state index contributed by atoms with van der Waals surface area (Å²) in [5.74, 6) is 0.385. The molecule has 1 atom stereocenters. The van der Waals surface area contributed by atoms with Crippen molar-refractivity contribution in [3.8, 4) is 5.88 Å². The highest BCUT2D eigenvalue weighted by Crippen LogP contribution is 2.30. The summed E-state index contributed by atoms with van der Waals surface area (Å²) < 4.78 is 50.7. The van der Waals surface area contributed by atoms with E-state index in [1.807, 2.05) is 22.6 Å². The van der Waals surface area contributed by atoms with E-state index in [0.717, 1.165) is 0 Å². The molecule has 0 amide bonds. The first-order valence-electron chi connectivity index (χ1n) is 7.01. The van der Waals surface area contributed by atoms with Crippen LogP contribution < -0.4 is 4.74 Å². The second-order valence-electron chi connectivity index (χ2n) is 5.11. The predicted octanol–water partition coefficient (Wildman–Crippen LogP) is 5.69. The van der Waals surface area contributed by atoms with Crippen LogP contribution in [-0.4, -0.2) is 24.4 Å². The molecule has 0 N–H and O–H groups in total. The minimum Gasteiger partial charge on any atom is -0.481 e.